The van der Waals surface area contributed by atoms with Crippen molar-refractivity contribution in [1.82, 2.24) is 19.7 Å². The Balaban J connectivity index is 2.24. The average molecular weight is 306 g/mol. The molecule has 1 aromatic rings. The Kier molecular flexibility index (Phi) is 3.42. The number of aliphatic carboxylic acids is 1. The molecule has 1 amide bonds. The molecular formula is C11H13F3N4O3. The van der Waals surface area contributed by atoms with Gasteiger partial charge in [0.05, 0.1) is 6.54 Å². The van der Waals surface area contributed by atoms with Crippen molar-refractivity contribution in [2.75, 3.05) is 6.54 Å². The molecule has 0 atom stereocenters. The van der Waals surface area contributed by atoms with Crippen LogP contribution in [0.15, 0.2) is 0 Å². The summed E-state index contributed by atoms with van der Waals surface area (Å²) >= 11 is 0. The molecule has 116 valence electrons. The van der Waals surface area contributed by atoms with Crippen LogP contribution in [0.25, 0.3) is 0 Å². The summed E-state index contributed by atoms with van der Waals surface area (Å²) < 4.78 is 38.9. The van der Waals surface area contributed by atoms with Gasteiger partial charge in [-0.25, -0.2) is 0 Å². The topological polar surface area (TPSA) is 88.3 Å². The van der Waals surface area contributed by atoms with Gasteiger partial charge in [0.15, 0.2) is 5.82 Å². The van der Waals surface area contributed by atoms with Crippen molar-refractivity contribution < 1.29 is 27.9 Å². The maximum Gasteiger partial charge on any atom is 0.451 e. The fourth-order valence-electron chi connectivity index (χ4n) is 2.03. The lowest BCUT2D eigenvalue weighted by atomic mass is 9.91. The second-order valence-electron chi connectivity index (χ2n) is 5.25. The van der Waals surface area contributed by atoms with E-state index in [2.05, 4.69) is 10.2 Å². The smallest absolute Gasteiger partial charge is 0.451 e. The first-order valence-electron chi connectivity index (χ1n) is 6.07. The van der Waals surface area contributed by atoms with Gasteiger partial charge >= 0.3 is 12.1 Å². The van der Waals surface area contributed by atoms with E-state index in [0.29, 0.717) is 0 Å². The molecule has 1 aromatic heterocycles. The van der Waals surface area contributed by atoms with E-state index in [-0.39, 0.29) is 25.5 Å². The van der Waals surface area contributed by atoms with Crippen LogP contribution < -0.4 is 0 Å². The quantitative estimate of drug-likeness (QED) is 0.815. The number of carboxylic acid groups (broad SMARTS) is 1. The highest BCUT2D eigenvalue weighted by atomic mass is 19.4. The first-order chi connectivity index (χ1) is 9.55. The molecule has 1 aliphatic heterocycles. The van der Waals surface area contributed by atoms with Crippen molar-refractivity contribution in [2.24, 2.45) is 5.41 Å². The van der Waals surface area contributed by atoms with Gasteiger partial charge in [-0.2, -0.15) is 13.2 Å². The molecule has 1 N–H and O–H groups in total. The zero-order valence-corrected chi connectivity index (χ0v) is 11.3. The van der Waals surface area contributed by atoms with E-state index < -0.39 is 29.3 Å². The van der Waals surface area contributed by atoms with Crippen LogP contribution in [0.2, 0.25) is 0 Å². The lowest BCUT2D eigenvalue weighted by Gasteiger charge is -2.32. The predicted molar refractivity (Wildman–Crippen MR) is 61.9 cm³/mol. The normalized spacial score (nSPS) is 15.8. The van der Waals surface area contributed by atoms with Gasteiger partial charge in [0.25, 0.3) is 0 Å². The Morgan fingerprint density at radius 1 is 1.19 bits per heavy atom. The van der Waals surface area contributed by atoms with Crippen LogP contribution in [0, 0.1) is 5.41 Å². The number of hydrogen-bond acceptors (Lipinski definition) is 4. The summed E-state index contributed by atoms with van der Waals surface area (Å²) in [6, 6.07) is 0. The Hall–Kier alpha value is -2.13. The highest BCUT2D eigenvalue weighted by Crippen LogP contribution is 2.30. The largest absolute Gasteiger partial charge is 0.480 e. The maximum absolute atomic E-state index is 12.7. The number of carbonyl (C=O) groups excluding carboxylic acids is 1. The molecule has 0 saturated carbocycles. The van der Waals surface area contributed by atoms with Crippen LogP contribution in [-0.4, -0.2) is 43.2 Å². The second-order valence-corrected chi connectivity index (χ2v) is 5.25. The lowest BCUT2D eigenvalue weighted by molar-refractivity contribution is -0.159. The number of fused-ring (bicyclic) bond motifs is 1. The number of alkyl halides is 3. The highest BCUT2D eigenvalue weighted by molar-refractivity contribution is 6.00. The molecule has 0 saturated heterocycles. The summed E-state index contributed by atoms with van der Waals surface area (Å²) in [5, 5.41) is 15.5. The van der Waals surface area contributed by atoms with Gasteiger partial charge in [0, 0.05) is 13.1 Å². The minimum atomic E-state index is -4.61. The van der Waals surface area contributed by atoms with Crippen LogP contribution in [0.1, 0.15) is 25.5 Å². The summed E-state index contributed by atoms with van der Waals surface area (Å²) in [5.41, 5.74) is -1.64. The monoisotopic (exact) mass is 306 g/mol. The van der Waals surface area contributed by atoms with Gasteiger partial charge in [-0.3, -0.25) is 9.59 Å². The molecule has 7 nitrogen and oxygen atoms in total. The first-order valence-corrected chi connectivity index (χ1v) is 6.07. The van der Waals surface area contributed by atoms with E-state index in [1.54, 1.807) is 0 Å². The molecule has 10 heteroatoms. The van der Waals surface area contributed by atoms with E-state index in [4.69, 9.17) is 5.11 Å². The van der Waals surface area contributed by atoms with Crippen LogP contribution in [0.3, 0.4) is 0 Å². The summed E-state index contributed by atoms with van der Waals surface area (Å²) in [7, 11) is 0. The molecule has 0 radical (unpaired) electrons. The van der Waals surface area contributed by atoms with Crippen LogP contribution in [0.4, 0.5) is 13.2 Å². The molecule has 21 heavy (non-hydrogen) atoms. The Labute approximate surface area is 117 Å². The van der Waals surface area contributed by atoms with E-state index in [9.17, 15) is 22.8 Å². The highest BCUT2D eigenvalue weighted by Gasteiger charge is 2.43. The van der Waals surface area contributed by atoms with Gasteiger partial charge in [0.2, 0.25) is 11.7 Å². The zero-order valence-electron chi connectivity index (χ0n) is 11.3. The lowest BCUT2D eigenvalue weighted by Crippen LogP contribution is -2.48. The fraction of sp³-hybridized carbons (Fsp3) is 0.636. The minimum absolute atomic E-state index is 0.0110. The number of amides is 1. The molecule has 0 unspecified atom stereocenters. The Bertz CT molecular complexity index is 594. The molecule has 0 aliphatic carbocycles. The second kappa shape index (κ2) is 4.71. The predicted octanol–water partition coefficient (Wildman–Crippen LogP) is 0.750. The molecule has 2 rings (SSSR count). The van der Waals surface area contributed by atoms with E-state index in [0.717, 1.165) is 4.57 Å². The number of nitrogens with zero attached hydrogens (tertiary/aromatic N) is 4. The van der Waals surface area contributed by atoms with Gasteiger partial charge in [0.1, 0.15) is 5.41 Å². The van der Waals surface area contributed by atoms with Crippen LogP contribution in [0.5, 0.6) is 0 Å². The number of halogens is 3. The number of hydrogen-bond donors (Lipinski definition) is 1. The number of carbonyl (C=O) groups is 2. The van der Waals surface area contributed by atoms with Gasteiger partial charge in [-0.1, -0.05) is 0 Å². The molecule has 0 spiro atoms. The third kappa shape index (κ3) is 2.57. The number of aromatic nitrogens is 3. The standard InChI is InChI=1S/C11H13F3N4O3/c1-10(2,9(20)21)8(19)17-3-4-18-6(5-17)15-16-7(18)11(12,13)14/h3-5H2,1-2H3,(H,20,21). The van der Waals surface area contributed by atoms with E-state index in [1.165, 1.54) is 18.7 Å². The first kappa shape index (κ1) is 15.3. The minimum Gasteiger partial charge on any atom is -0.480 e. The molecule has 0 fully saturated rings. The number of carboxylic acids is 1. The summed E-state index contributed by atoms with van der Waals surface area (Å²) in [5.74, 6) is -3.08. The van der Waals surface area contributed by atoms with Crippen molar-refractivity contribution in [3.8, 4) is 0 Å². The SMILES string of the molecule is CC(C)(C(=O)O)C(=O)N1CCn2c(nnc2C(F)(F)F)C1. The van der Waals surface area contributed by atoms with E-state index >= 15 is 0 Å². The molecular weight excluding hydrogens is 293 g/mol. The summed E-state index contributed by atoms with van der Waals surface area (Å²) in [6.45, 7) is 2.15. The van der Waals surface area contributed by atoms with Gasteiger partial charge < -0.3 is 14.6 Å². The van der Waals surface area contributed by atoms with Gasteiger partial charge in [-0.05, 0) is 13.8 Å². The summed E-state index contributed by atoms with van der Waals surface area (Å²) in [6.07, 6.45) is -4.61. The molecule has 0 bridgehead atoms. The molecule has 1 aliphatic rings. The molecule has 0 aromatic carbocycles. The van der Waals surface area contributed by atoms with Crippen LogP contribution >= 0.6 is 0 Å². The third-order valence-electron chi connectivity index (χ3n) is 3.36. The zero-order chi connectivity index (χ0) is 16.0. The number of rotatable bonds is 2. The maximum atomic E-state index is 12.7. The van der Waals surface area contributed by atoms with Crippen LogP contribution in [-0.2, 0) is 28.9 Å². The van der Waals surface area contributed by atoms with E-state index in [1.807, 2.05) is 0 Å². The van der Waals surface area contributed by atoms with Crippen molar-refractivity contribution in [3.05, 3.63) is 11.6 Å². The Morgan fingerprint density at radius 2 is 1.81 bits per heavy atom. The molecule has 2 heterocycles. The van der Waals surface area contributed by atoms with Crippen molar-refractivity contribution in [1.29, 1.82) is 0 Å². The van der Waals surface area contributed by atoms with Crippen molar-refractivity contribution in [2.45, 2.75) is 33.1 Å². The van der Waals surface area contributed by atoms with Gasteiger partial charge in [-0.15, -0.1) is 10.2 Å². The fourth-order valence-corrected chi connectivity index (χ4v) is 2.03. The summed E-state index contributed by atoms with van der Waals surface area (Å²) in [4.78, 5) is 24.4. The Morgan fingerprint density at radius 3 is 2.33 bits per heavy atom. The van der Waals surface area contributed by atoms with Crippen molar-refractivity contribution >= 4 is 11.9 Å². The van der Waals surface area contributed by atoms with Crippen molar-refractivity contribution in [3.63, 3.8) is 0 Å². The third-order valence-corrected chi connectivity index (χ3v) is 3.36. The average Bonchev–Trinajstić information content (AvgIpc) is 2.79.